The van der Waals surface area contributed by atoms with Gasteiger partial charge in [-0.25, -0.2) is 0 Å². The van der Waals surface area contributed by atoms with Crippen LogP contribution >= 0.6 is 34.8 Å². The Morgan fingerprint density at radius 3 is 2.20 bits per heavy atom. The van der Waals surface area contributed by atoms with Crippen LogP contribution in [0, 0.1) is 0 Å². The molecule has 1 atom stereocenters. The van der Waals surface area contributed by atoms with Crippen LogP contribution in [-0.2, 0) is 4.79 Å². The summed E-state index contributed by atoms with van der Waals surface area (Å²) in [6, 6.07) is 25.3. The summed E-state index contributed by atoms with van der Waals surface area (Å²) in [5.74, 6) is 0.320. The minimum absolute atomic E-state index is 0.0591. The van der Waals surface area contributed by atoms with Crippen LogP contribution in [0.25, 0.3) is 11.3 Å². The molecule has 3 aromatic carbocycles. The number of carbonyl (C=O) groups excluding carboxylic acids is 2. The van der Waals surface area contributed by atoms with Crippen molar-refractivity contribution in [2.24, 2.45) is 0 Å². The maximum atomic E-state index is 13.6. The number of anilines is 1. The van der Waals surface area contributed by atoms with Gasteiger partial charge >= 0.3 is 0 Å². The summed E-state index contributed by atoms with van der Waals surface area (Å²) < 4.78 is 0. The minimum Gasteiger partial charge on any atom is -0.352 e. The van der Waals surface area contributed by atoms with Crippen molar-refractivity contribution in [2.45, 2.75) is 13.0 Å². The van der Waals surface area contributed by atoms with Gasteiger partial charge in [0.1, 0.15) is 6.54 Å². The molecule has 0 radical (unpaired) electrons. The van der Waals surface area contributed by atoms with Crippen LogP contribution in [0.15, 0.2) is 84.9 Å². The summed E-state index contributed by atoms with van der Waals surface area (Å²) in [6.07, 6.45) is 0. The van der Waals surface area contributed by atoms with Crippen LogP contribution < -0.4 is 4.90 Å². The molecule has 0 aliphatic carbocycles. The third-order valence-electron chi connectivity index (χ3n) is 7.23. The Morgan fingerprint density at radius 1 is 0.829 bits per heavy atom. The molecule has 0 N–H and O–H groups in total. The molecule has 2 amide bonds. The predicted octanol–water partition coefficient (Wildman–Crippen LogP) is 6.66. The van der Waals surface area contributed by atoms with E-state index in [9.17, 15) is 9.59 Å². The molecule has 41 heavy (non-hydrogen) atoms. The van der Waals surface area contributed by atoms with E-state index in [1.165, 1.54) is 0 Å². The fraction of sp³-hybridized carbons (Fsp3) is 0.226. The zero-order valence-electron chi connectivity index (χ0n) is 22.4. The van der Waals surface area contributed by atoms with Gasteiger partial charge < -0.3 is 14.7 Å². The number of amides is 2. The first-order valence-electron chi connectivity index (χ1n) is 13.2. The van der Waals surface area contributed by atoms with Crippen LogP contribution in [-0.4, -0.2) is 64.5 Å². The summed E-state index contributed by atoms with van der Waals surface area (Å²) in [4.78, 5) is 32.6. The van der Waals surface area contributed by atoms with Crippen molar-refractivity contribution in [1.82, 2.24) is 20.0 Å². The van der Waals surface area contributed by atoms with Gasteiger partial charge in [0.05, 0.1) is 27.3 Å². The first-order valence-corrected chi connectivity index (χ1v) is 14.4. The average molecular weight is 609 g/mol. The van der Waals surface area contributed by atoms with Crippen molar-refractivity contribution >= 4 is 52.4 Å². The Morgan fingerprint density at radius 2 is 1.54 bits per heavy atom. The first kappa shape index (κ1) is 28.9. The molecule has 1 saturated heterocycles. The highest BCUT2D eigenvalue weighted by molar-refractivity contribution is 6.36. The first-order chi connectivity index (χ1) is 19.8. The molecular formula is C31H28Cl3N5O2. The highest BCUT2D eigenvalue weighted by Gasteiger charge is 2.30. The molecule has 0 spiro atoms. The third-order valence-corrected chi connectivity index (χ3v) is 8.11. The number of hydrogen-bond donors (Lipinski definition) is 0. The number of hydrogen-bond acceptors (Lipinski definition) is 5. The van der Waals surface area contributed by atoms with E-state index < -0.39 is 0 Å². The Labute approximate surface area is 254 Å². The molecule has 0 bridgehead atoms. The highest BCUT2D eigenvalue weighted by atomic mass is 35.5. The Bertz CT molecular complexity index is 1530. The second-order valence-electron chi connectivity index (χ2n) is 9.77. The van der Waals surface area contributed by atoms with Gasteiger partial charge in [0.2, 0.25) is 5.91 Å². The van der Waals surface area contributed by atoms with Crippen molar-refractivity contribution in [3.63, 3.8) is 0 Å². The SMILES string of the molecule is C[C@@H](c1ccccc1)N(CC(=O)N1CCN(c2ccc(-c3ccc(Cl)cc3Cl)nn2)CC1)C(=O)c1ccccc1Cl. The van der Waals surface area contributed by atoms with Gasteiger partial charge in [-0.3, -0.25) is 9.59 Å². The van der Waals surface area contributed by atoms with Crippen LogP contribution in [0.5, 0.6) is 0 Å². The molecule has 1 aromatic heterocycles. The van der Waals surface area contributed by atoms with Gasteiger partial charge in [-0.2, -0.15) is 0 Å². The molecule has 10 heteroatoms. The molecular weight excluding hydrogens is 581 g/mol. The zero-order chi connectivity index (χ0) is 28.9. The molecule has 1 aliphatic rings. The van der Waals surface area contributed by atoms with Crippen LogP contribution in [0.4, 0.5) is 5.82 Å². The van der Waals surface area contributed by atoms with Crippen molar-refractivity contribution < 1.29 is 9.59 Å². The minimum atomic E-state index is -0.326. The molecule has 7 nitrogen and oxygen atoms in total. The second-order valence-corrected chi connectivity index (χ2v) is 11.0. The van der Waals surface area contributed by atoms with Crippen molar-refractivity contribution in [3.05, 3.63) is 111 Å². The topological polar surface area (TPSA) is 69.6 Å². The number of benzene rings is 3. The van der Waals surface area contributed by atoms with Gasteiger partial charge in [0.25, 0.3) is 5.91 Å². The van der Waals surface area contributed by atoms with E-state index in [1.54, 1.807) is 46.2 Å². The van der Waals surface area contributed by atoms with E-state index in [0.717, 1.165) is 16.9 Å². The van der Waals surface area contributed by atoms with Crippen LogP contribution in [0.3, 0.4) is 0 Å². The van der Waals surface area contributed by atoms with Crippen molar-refractivity contribution in [1.29, 1.82) is 0 Å². The summed E-state index contributed by atoms with van der Waals surface area (Å²) in [6.45, 7) is 4.05. The lowest BCUT2D eigenvalue weighted by Crippen LogP contribution is -2.52. The van der Waals surface area contributed by atoms with Gasteiger partial charge in [-0.1, -0.05) is 77.3 Å². The number of halogens is 3. The normalized spacial score (nSPS) is 14.0. The molecule has 0 saturated carbocycles. The van der Waals surface area contributed by atoms with E-state index in [1.807, 2.05) is 55.5 Å². The van der Waals surface area contributed by atoms with Crippen molar-refractivity contribution in [2.75, 3.05) is 37.6 Å². The predicted molar refractivity (Wildman–Crippen MR) is 164 cm³/mol. The fourth-order valence-corrected chi connectivity index (χ4v) is 5.57. The van der Waals surface area contributed by atoms with E-state index >= 15 is 0 Å². The lowest BCUT2D eigenvalue weighted by Gasteiger charge is -2.37. The standard InChI is InChI=1S/C31H28Cl3N5O2/c1-21(22-7-3-2-4-8-22)39(31(41)25-9-5-6-10-26(25)33)20-30(40)38-17-15-37(16-18-38)29-14-13-28(35-36-29)24-12-11-23(32)19-27(24)34/h2-14,19,21H,15-18,20H2,1H3/t21-/m0/s1. The summed E-state index contributed by atoms with van der Waals surface area (Å²) in [5, 5.41) is 10.2. The molecule has 1 aliphatic heterocycles. The van der Waals surface area contributed by atoms with Gasteiger partial charge in [-0.05, 0) is 55.0 Å². The number of rotatable bonds is 7. The molecule has 0 unspecified atom stereocenters. The Kier molecular flexibility index (Phi) is 9.08. The van der Waals surface area contributed by atoms with Crippen LogP contribution in [0.1, 0.15) is 28.9 Å². The quantitative estimate of drug-likeness (QED) is 0.235. The van der Waals surface area contributed by atoms with E-state index in [2.05, 4.69) is 15.1 Å². The van der Waals surface area contributed by atoms with Crippen LogP contribution in [0.2, 0.25) is 15.1 Å². The average Bonchev–Trinajstić information content (AvgIpc) is 3.00. The van der Waals surface area contributed by atoms with Gasteiger partial charge in [0.15, 0.2) is 5.82 Å². The fourth-order valence-electron chi connectivity index (χ4n) is 4.85. The van der Waals surface area contributed by atoms with Gasteiger partial charge in [-0.15, -0.1) is 10.2 Å². The largest absolute Gasteiger partial charge is 0.352 e. The summed E-state index contributed by atoms with van der Waals surface area (Å²) in [7, 11) is 0. The smallest absolute Gasteiger partial charge is 0.256 e. The summed E-state index contributed by atoms with van der Waals surface area (Å²) >= 11 is 18.7. The summed E-state index contributed by atoms with van der Waals surface area (Å²) in [5.41, 5.74) is 2.72. The Balaban J connectivity index is 1.26. The van der Waals surface area contributed by atoms with Crippen molar-refractivity contribution in [3.8, 4) is 11.3 Å². The zero-order valence-corrected chi connectivity index (χ0v) is 24.7. The van der Waals surface area contributed by atoms with E-state index in [-0.39, 0.29) is 24.4 Å². The maximum Gasteiger partial charge on any atom is 0.256 e. The molecule has 4 aromatic rings. The van der Waals surface area contributed by atoms with E-state index in [0.29, 0.717) is 52.5 Å². The lowest BCUT2D eigenvalue weighted by molar-refractivity contribution is -0.132. The third kappa shape index (κ3) is 6.64. The number of aromatic nitrogens is 2. The molecule has 1 fully saturated rings. The Hall–Kier alpha value is -3.65. The maximum absolute atomic E-state index is 13.6. The molecule has 5 rings (SSSR count). The number of nitrogens with zero attached hydrogens (tertiary/aromatic N) is 5. The number of piperazine rings is 1. The second kappa shape index (κ2) is 12.9. The molecule has 2 heterocycles. The number of carbonyl (C=O) groups is 2. The molecule has 210 valence electrons. The highest BCUT2D eigenvalue weighted by Crippen LogP contribution is 2.30. The van der Waals surface area contributed by atoms with Gasteiger partial charge in [0, 0.05) is 36.8 Å². The van der Waals surface area contributed by atoms with E-state index in [4.69, 9.17) is 34.8 Å². The monoisotopic (exact) mass is 607 g/mol. The lowest BCUT2D eigenvalue weighted by atomic mass is 10.1.